The van der Waals surface area contributed by atoms with E-state index >= 15 is 0 Å². The van der Waals surface area contributed by atoms with Gasteiger partial charge in [-0.15, -0.1) is 0 Å². The van der Waals surface area contributed by atoms with Gasteiger partial charge >= 0.3 is 0 Å². The quantitative estimate of drug-likeness (QED) is 0.676. The highest BCUT2D eigenvalue weighted by Crippen LogP contribution is 2.33. The number of anilines is 2. The van der Waals surface area contributed by atoms with Crippen LogP contribution in [0.3, 0.4) is 0 Å². The second-order valence-corrected chi connectivity index (χ2v) is 5.66. The Morgan fingerprint density at radius 1 is 1.18 bits per heavy atom. The van der Waals surface area contributed by atoms with Crippen LogP contribution in [0.25, 0.3) is 0 Å². The lowest BCUT2D eigenvalue weighted by Gasteiger charge is -2.31. The van der Waals surface area contributed by atoms with Crippen molar-refractivity contribution in [2.75, 3.05) is 36.9 Å². The first-order valence-corrected chi connectivity index (χ1v) is 7.76. The Kier molecular flexibility index (Phi) is 4.59. The van der Waals surface area contributed by atoms with Crippen LogP contribution in [0.2, 0.25) is 5.02 Å². The van der Waals surface area contributed by atoms with Crippen LogP contribution in [-0.4, -0.2) is 26.3 Å². The van der Waals surface area contributed by atoms with E-state index in [0.717, 1.165) is 47.4 Å². The van der Waals surface area contributed by atoms with Gasteiger partial charge in [-0.3, -0.25) is 0 Å². The molecule has 116 valence electrons. The lowest BCUT2D eigenvalue weighted by Crippen LogP contribution is -2.34. The fourth-order valence-corrected chi connectivity index (χ4v) is 2.62. The molecule has 0 saturated carbocycles. The molecule has 2 aromatic rings. The molecular formula is C17H19ClN2O2. The third-order valence-corrected chi connectivity index (χ3v) is 3.85. The number of hydrogen-bond acceptors (Lipinski definition) is 4. The standard InChI is InChI=1S/C17H19ClN2O2/c18-13-2-5-15(6-3-13)21-10-1-8-20-9-11-22-17-7-4-14(19)12-16(17)20/h2-7,12H,1,8-11,19H2. The first-order chi connectivity index (χ1) is 10.7. The Bertz CT molecular complexity index is 631. The van der Waals surface area contributed by atoms with E-state index in [2.05, 4.69) is 4.90 Å². The fraction of sp³-hybridized carbons (Fsp3) is 0.294. The van der Waals surface area contributed by atoms with E-state index in [1.54, 1.807) is 0 Å². The molecule has 0 fully saturated rings. The van der Waals surface area contributed by atoms with E-state index in [-0.39, 0.29) is 0 Å². The van der Waals surface area contributed by atoms with Gasteiger partial charge in [0.25, 0.3) is 0 Å². The zero-order valence-electron chi connectivity index (χ0n) is 12.3. The van der Waals surface area contributed by atoms with Gasteiger partial charge in [-0.2, -0.15) is 0 Å². The topological polar surface area (TPSA) is 47.7 Å². The molecule has 0 radical (unpaired) electrons. The summed E-state index contributed by atoms with van der Waals surface area (Å²) >= 11 is 5.85. The summed E-state index contributed by atoms with van der Waals surface area (Å²) in [5, 5.41) is 0.717. The molecule has 1 aliphatic rings. The predicted molar refractivity (Wildman–Crippen MR) is 90.1 cm³/mol. The highest BCUT2D eigenvalue weighted by atomic mass is 35.5. The molecule has 0 saturated heterocycles. The van der Waals surface area contributed by atoms with Crippen molar-refractivity contribution < 1.29 is 9.47 Å². The van der Waals surface area contributed by atoms with Crippen molar-refractivity contribution in [1.82, 2.24) is 0 Å². The molecule has 2 aromatic carbocycles. The van der Waals surface area contributed by atoms with Crippen LogP contribution in [0.1, 0.15) is 6.42 Å². The van der Waals surface area contributed by atoms with Crippen molar-refractivity contribution in [3.05, 3.63) is 47.5 Å². The van der Waals surface area contributed by atoms with Crippen LogP contribution in [-0.2, 0) is 0 Å². The monoisotopic (exact) mass is 318 g/mol. The minimum Gasteiger partial charge on any atom is -0.494 e. The predicted octanol–water partition coefficient (Wildman–Crippen LogP) is 3.59. The second kappa shape index (κ2) is 6.79. The number of nitrogens with two attached hydrogens (primary N) is 1. The summed E-state index contributed by atoms with van der Waals surface area (Å²) in [4.78, 5) is 2.29. The van der Waals surface area contributed by atoms with Crippen LogP contribution in [0.4, 0.5) is 11.4 Å². The minimum absolute atomic E-state index is 0.663. The van der Waals surface area contributed by atoms with Crippen molar-refractivity contribution >= 4 is 23.0 Å². The van der Waals surface area contributed by atoms with Crippen LogP contribution >= 0.6 is 11.6 Å². The van der Waals surface area contributed by atoms with Gasteiger partial charge in [0.1, 0.15) is 18.1 Å². The molecule has 4 nitrogen and oxygen atoms in total. The molecule has 0 unspecified atom stereocenters. The first-order valence-electron chi connectivity index (χ1n) is 7.38. The average Bonchev–Trinajstić information content (AvgIpc) is 2.53. The highest BCUT2D eigenvalue weighted by molar-refractivity contribution is 6.30. The number of nitrogens with zero attached hydrogens (tertiary/aromatic N) is 1. The lowest BCUT2D eigenvalue weighted by molar-refractivity contribution is 0.293. The first kappa shape index (κ1) is 14.9. The van der Waals surface area contributed by atoms with Crippen molar-refractivity contribution in [2.45, 2.75) is 6.42 Å². The summed E-state index contributed by atoms with van der Waals surface area (Å²) in [5.74, 6) is 1.75. The zero-order chi connectivity index (χ0) is 15.4. The van der Waals surface area contributed by atoms with Crippen molar-refractivity contribution in [1.29, 1.82) is 0 Å². The summed E-state index contributed by atoms with van der Waals surface area (Å²) in [7, 11) is 0. The number of rotatable bonds is 5. The molecule has 0 atom stereocenters. The smallest absolute Gasteiger partial charge is 0.142 e. The molecule has 5 heteroatoms. The Balaban J connectivity index is 1.52. The van der Waals surface area contributed by atoms with Gasteiger partial charge < -0.3 is 20.1 Å². The number of benzene rings is 2. The van der Waals surface area contributed by atoms with Gasteiger partial charge in [0.2, 0.25) is 0 Å². The van der Waals surface area contributed by atoms with Gasteiger partial charge in [0.05, 0.1) is 18.8 Å². The van der Waals surface area contributed by atoms with Crippen LogP contribution in [0.15, 0.2) is 42.5 Å². The van der Waals surface area contributed by atoms with Crippen LogP contribution < -0.4 is 20.1 Å². The maximum Gasteiger partial charge on any atom is 0.142 e. The molecule has 3 rings (SSSR count). The number of nitrogen functional groups attached to an aromatic ring is 1. The Morgan fingerprint density at radius 3 is 2.82 bits per heavy atom. The van der Waals surface area contributed by atoms with Gasteiger partial charge in [-0.1, -0.05) is 11.6 Å². The van der Waals surface area contributed by atoms with Crippen molar-refractivity contribution in [3.8, 4) is 11.5 Å². The van der Waals surface area contributed by atoms with Gasteiger partial charge in [-0.25, -0.2) is 0 Å². The molecule has 0 aliphatic carbocycles. The lowest BCUT2D eigenvalue weighted by atomic mass is 10.2. The maximum absolute atomic E-state index is 5.87. The average molecular weight is 319 g/mol. The molecule has 1 heterocycles. The number of hydrogen-bond donors (Lipinski definition) is 1. The molecule has 1 aliphatic heterocycles. The maximum atomic E-state index is 5.87. The molecule has 0 amide bonds. The van der Waals surface area contributed by atoms with Crippen molar-refractivity contribution in [2.24, 2.45) is 0 Å². The van der Waals surface area contributed by atoms with Gasteiger partial charge in [0, 0.05) is 17.3 Å². The van der Waals surface area contributed by atoms with Crippen LogP contribution in [0.5, 0.6) is 11.5 Å². The SMILES string of the molecule is Nc1ccc2c(c1)N(CCCOc1ccc(Cl)cc1)CCO2. The molecule has 22 heavy (non-hydrogen) atoms. The molecule has 0 spiro atoms. The second-order valence-electron chi connectivity index (χ2n) is 5.22. The van der Waals surface area contributed by atoms with E-state index in [0.29, 0.717) is 13.2 Å². The van der Waals surface area contributed by atoms with E-state index in [1.165, 1.54) is 0 Å². The van der Waals surface area contributed by atoms with Crippen molar-refractivity contribution in [3.63, 3.8) is 0 Å². The zero-order valence-corrected chi connectivity index (χ0v) is 13.1. The fourth-order valence-electron chi connectivity index (χ4n) is 2.50. The third kappa shape index (κ3) is 3.57. The summed E-state index contributed by atoms with van der Waals surface area (Å²) in [5.41, 5.74) is 7.69. The Morgan fingerprint density at radius 2 is 2.00 bits per heavy atom. The Hall–Kier alpha value is -2.07. The van der Waals surface area contributed by atoms with E-state index in [9.17, 15) is 0 Å². The van der Waals surface area contributed by atoms with Crippen LogP contribution in [0, 0.1) is 0 Å². The molecule has 0 bridgehead atoms. The third-order valence-electron chi connectivity index (χ3n) is 3.60. The normalized spacial score (nSPS) is 13.4. The van der Waals surface area contributed by atoms with E-state index in [1.807, 2.05) is 42.5 Å². The Labute approximate surface area is 135 Å². The molecular weight excluding hydrogens is 300 g/mol. The van der Waals surface area contributed by atoms with Gasteiger partial charge in [-0.05, 0) is 48.9 Å². The van der Waals surface area contributed by atoms with E-state index < -0.39 is 0 Å². The summed E-state index contributed by atoms with van der Waals surface area (Å²) in [6, 6.07) is 13.2. The summed E-state index contributed by atoms with van der Waals surface area (Å²) < 4.78 is 11.4. The van der Waals surface area contributed by atoms with E-state index in [4.69, 9.17) is 26.8 Å². The molecule has 0 aromatic heterocycles. The van der Waals surface area contributed by atoms with Gasteiger partial charge in [0.15, 0.2) is 0 Å². The number of halogens is 1. The number of fused-ring (bicyclic) bond motifs is 1. The highest BCUT2D eigenvalue weighted by Gasteiger charge is 2.17. The molecule has 2 N–H and O–H groups in total. The summed E-state index contributed by atoms with van der Waals surface area (Å²) in [6.07, 6.45) is 0.927. The minimum atomic E-state index is 0.663. The number of ether oxygens (including phenoxy) is 2. The largest absolute Gasteiger partial charge is 0.494 e. The summed E-state index contributed by atoms with van der Waals surface area (Å²) in [6.45, 7) is 3.15.